The summed E-state index contributed by atoms with van der Waals surface area (Å²) in [5.74, 6) is 1.20. The summed E-state index contributed by atoms with van der Waals surface area (Å²) in [7, 11) is 1.60. The summed E-state index contributed by atoms with van der Waals surface area (Å²) in [4.78, 5) is 16.0. The molecule has 6 heteroatoms. The fourth-order valence-corrected chi connectivity index (χ4v) is 3.10. The van der Waals surface area contributed by atoms with Gasteiger partial charge in [0.2, 0.25) is 0 Å². The number of hydrogen-bond donors (Lipinski definition) is 2. The van der Waals surface area contributed by atoms with Gasteiger partial charge in [-0.3, -0.25) is 4.79 Å². The largest absolute Gasteiger partial charge is 0.497 e. The van der Waals surface area contributed by atoms with E-state index in [9.17, 15) is 4.79 Å². The molecule has 4 rings (SSSR count). The van der Waals surface area contributed by atoms with Crippen molar-refractivity contribution in [3.8, 4) is 17.1 Å². The number of anilines is 1. The Labute approximate surface area is 138 Å². The molecular weight excluding hydrogens is 306 g/mol. The first-order valence-electron chi connectivity index (χ1n) is 7.86. The highest BCUT2D eigenvalue weighted by atomic mass is 16.5. The molecule has 24 heavy (non-hydrogen) atoms. The van der Waals surface area contributed by atoms with E-state index < -0.39 is 0 Å². The second kappa shape index (κ2) is 5.88. The molecule has 1 aromatic carbocycles. The number of aromatic nitrogens is 2. The number of methoxy groups -OCH3 is 1. The summed E-state index contributed by atoms with van der Waals surface area (Å²) in [5.41, 5.74) is 4.12. The molecule has 1 amide bonds. The number of ether oxygens (including phenoxy) is 1. The van der Waals surface area contributed by atoms with Crippen LogP contribution in [0.5, 0.6) is 5.75 Å². The second-order valence-electron chi connectivity index (χ2n) is 5.78. The molecule has 1 aliphatic carbocycles. The Kier molecular flexibility index (Phi) is 3.57. The number of nitrogens with zero attached hydrogens (tertiary/aromatic N) is 1. The second-order valence-corrected chi connectivity index (χ2v) is 5.78. The molecule has 0 spiro atoms. The quantitative estimate of drug-likeness (QED) is 0.774. The smallest absolute Gasteiger partial charge is 0.257 e. The van der Waals surface area contributed by atoms with Crippen LogP contribution in [0.15, 0.2) is 41.2 Å². The number of carbonyl (C=O) groups is 1. The van der Waals surface area contributed by atoms with Crippen molar-refractivity contribution in [2.24, 2.45) is 0 Å². The number of aryl methyl sites for hydroxylation is 2. The van der Waals surface area contributed by atoms with Crippen molar-refractivity contribution in [3.05, 3.63) is 53.5 Å². The predicted octanol–water partition coefficient (Wildman–Crippen LogP) is 3.42. The van der Waals surface area contributed by atoms with Gasteiger partial charge in [-0.1, -0.05) is 11.2 Å². The molecule has 0 bridgehead atoms. The van der Waals surface area contributed by atoms with Gasteiger partial charge in [0.25, 0.3) is 5.91 Å². The molecule has 6 nitrogen and oxygen atoms in total. The van der Waals surface area contributed by atoms with Gasteiger partial charge in [-0.25, -0.2) is 0 Å². The van der Waals surface area contributed by atoms with Crippen LogP contribution in [0.4, 0.5) is 5.69 Å². The number of benzene rings is 1. The zero-order valence-electron chi connectivity index (χ0n) is 13.3. The SMILES string of the molecule is COc1cccc(NC(=O)c2c[nH]c3c2-c2oncc2CCC3)c1. The summed E-state index contributed by atoms with van der Waals surface area (Å²) >= 11 is 0. The van der Waals surface area contributed by atoms with E-state index in [4.69, 9.17) is 9.26 Å². The van der Waals surface area contributed by atoms with E-state index in [1.807, 2.05) is 18.2 Å². The summed E-state index contributed by atoms with van der Waals surface area (Å²) in [5, 5.41) is 6.81. The maximum atomic E-state index is 12.8. The number of H-pyrrole nitrogens is 1. The van der Waals surface area contributed by atoms with Crippen LogP contribution in [0.2, 0.25) is 0 Å². The maximum Gasteiger partial charge on any atom is 0.257 e. The van der Waals surface area contributed by atoms with Gasteiger partial charge in [0.1, 0.15) is 5.75 Å². The van der Waals surface area contributed by atoms with Gasteiger partial charge in [0.05, 0.1) is 24.4 Å². The monoisotopic (exact) mass is 323 g/mol. The van der Waals surface area contributed by atoms with Crippen molar-refractivity contribution in [1.29, 1.82) is 0 Å². The molecule has 1 aliphatic rings. The molecule has 0 saturated heterocycles. The minimum atomic E-state index is -0.190. The van der Waals surface area contributed by atoms with Gasteiger partial charge < -0.3 is 19.6 Å². The molecule has 0 unspecified atom stereocenters. The standard InChI is InChI=1S/C18H17N3O3/c1-23-13-6-3-5-12(8-13)21-18(22)14-10-19-15-7-2-4-11-9-20-24-17(11)16(14)15/h3,5-6,8-10,19H,2,4,7H2,1H3,(H,21,22). The summed E-state index contributed by atoms with van der Waals surface area (Å²) in [6.45, 7) is 0. The highest BCUT2D eigenvalue weighted by Crippen LogP contribution is 2.35. The molecule has 0 saturated carbocycles. The number of nitrogens with one attached hydrogen (secondary N) is 2. The van der Waals surface area contributed by atoms with E-state index in [0.29, 0.717) is 22.8 Å². The van der Waals surface area contributed by atoms with E-state index in [1.165, 1.54) is 0 Å². The van der Waals surface area contributed by atoms with Crippen LogP contribution in [0.3, 0.4) is 0 Å². The molecule has 3 aromatic rings. The third-order valence-electron chi connectivity index (χ3n) is 4.28. The van der Waals surface area contributed by atoms with Gasteiger partial charge in [0, 0.05) is 29.2 Å². The van der Waals surface area contributed by atoms with Crippen LogP contribution in [0.1, 0.15) is 28.0 Å². The van der Waals surface area contributed by atoms with Crippen molar-refractivity contribution in [1.82, 2.24) is 10.1 Å². The Hall–Kier alpha value is -3.02. The molecule has 2 aromatic heterocycles. The molecule has 0 radical (unpaired) electrons. The molecule has 2 N–H and O–H groups in total. The van der Waals surface area contributed by atoms with E-state index in [-0.39, 0.29) is 5.91 Å². The van der Waals surface area contributed by atoms with E-state index in [1.54, 1.807) is 25.6 Å². The summed E-state index contributed by atoms with van der Waals surface area (Å²) in [6, 6.07) is 7.27. The van der Waals surface area contributed by atoms with Crippen molar-refractivity contribution >= 4 is 11.6 Å². The van der Waals surface area contributed by atoms with Crippen LogP contribution >= 0.6 is 0 Å². The van der Waals surface area contributed by atoms with E-state index in [0.717, 1.165) is 36.1 Å². The van der Waals surface area contributed by atoms with Crippen LogP contribution in [-0.4, -0.2) is 23.2 Å². The van der Waals surface area contributed by atoms with E-state index >= 15 is 0 Å². The number of hydrogen-bond acceptors (Lipinski definition) is 4. The number of rotatable bonds is 3. The van der Waals surface area contributed by atoms with Crippen LogP contribution in [0.25, 0.3) is 11.3 Å². The van der Waals surface area contributed by atoms with Crippen molar-refractivity contribution in [3.63, 3.8) is 0 Å². The number of carbonyl (C=O) groups excluding carboxylic acids is 1. The Morgan fingerprint density at radius 1 is 1.38 bits per heavy atom. The zero-order chi connectivity index (χ0) is 16.5. The van der Waals surface area contributed by atoms with Gasteiger partial charge in [-0.2, -0.15) is 0 Å². The molecule has 122 valence electrons. The van der Waals surface area contributed by atoms with Crippen LogP contribution in [0, 0.1) is 0 Å². The van der Waals surface area contributed by atoms with Gasteiger partial charge in [-0.05, 0) is 31.4 Å². The van der Waals surface area contributed by atoms with Crippen molar-refractivity contribution < 1.29 is 14.1 Å². The average molecular weight is 323 g/mol. The first-order chi connectivity index (χ1) is 11.8. The highest BCUT2D eigenvalue weighted by molar-refractivity contribution is 6.09. The maximum absolute atomic E-state index is 12.8. The first kappa shape index (κ1) is 14.6. The number of amides is 1. The van der Waals surface area contributed by atoms with Crippen LogP contribution < -0.4 is 10.1 Å². The normalized spacial score (nSPS) is 12.9. The average Bonchev–Trinajstić information content (AvgIpc) is 3.18. The topological polar surface area (TPSA) is 80.1 Å². The van der Waals surface area contributed by atoms with Gasteiger partial charge >= 0.3 is 0 Å². The third kappa shape index (κ3) is 2.46. The number of fused-ring (bicyclic) bond motifs is 3. The minimum absolute atomic E-state index is 0.190. The highest BCUT2D eigenvalue weighted by Gasteiger charge is 2.26. The molecular formula is C18H17N3O3. The van der Waals surface area contributed by atoms with Crippen LogP contribution in [-0.2, 0) is 12.8 Å². The Bertz CT molecular complexity index is 895. The molecule has 0 fully saturated rings. The number of aromatic amines is 1. The minimum Gasteiger partial charge on any atom is -0.497 e. The molecule has 0 aliphatic heterocycles. The molecule has 2 heterocycles. The van der Waals surface area contributed by atoms with Crippen molar-refractivity contribution in [2.75, 3.05) is 12.4 Å². The Balaban J connectivity index is 1.69. The third-order valence-corrected chi connectivity index (χ3v) is 4.28. The lowest BCUT2D eigenvalue weighted by Gasteiger charge is -2.07. The summed E-state index contributed by atoms with van der Waals surface area (Å²) < 4.78 is 10.6. The van der Waals surface area contributed by atoms with Gasteiger partial charge in [0.15, 0.2) is 5.76 Å². The fraction of sp³-hybridized carbons (Fsp3) is 0.222. The predicted molar refractivity (Wildman–Crippen MR) is 89.3 cm³/mol. The van der Waals surface area contributed by atoms with Crippen molar-refractivity contribution in [2.45, 2.75) is 19.3 Å². The lowest BCUT2D eigenvalue weighted by molar-refractivity contribution is 0.102. The zero-order valence-corrected chi connectivity index (χ0v) is 13.3. The lowest BCUT2D eigenvalue weighted by atomic mass is 10.1. The first-order valence-corrected chi connectivity index (χ1v) is 7.86. The van der Waals surface area contributed by atoms with Gasteiger partial charge in [-0.15, -0.1) is 0 Å². The summed E-state index contributed by atoms with van der Waals surface area (Å²) in [6.07, 6.45) is 6.25. The van der Waals surface area contributed by atoms with E-state index in [2.05, 4.69) is 15.5 Å². The molecule has 0 atom stereocenters. The lowest BCUT2D eigenvalue weighted by Crippen LogP contribution is -2.12. The Morgan fingerprint density at radius 2 is 2.29 bits per heavy atom. The fourth-order valence-electron chi connectivity index (χ4n) is 3.10. The Morgan fingerprint density at radius 3 is 3.17 bits per heavy atom.